The second-order valence-electron chi connectivity index (χ2n) is 3.53. The Hall–Kier alpha value is -1.16. The fourth-order valence-electron chi connectivity index (χ4n) is 1.38. The van der Waals surface area contributed by atoms with Crippen molar-refractivity contribution in [1.29, 1.82) is 0 Å². The zero-order chi connectivity index (χ0) is 12.0. The molecule has 0 fully saturated rings. The van der Waals surface area contributed by atoms with E-state index in [9.17, 15) is 4.79 Å². The third-order valence-corrected chi connectivity index (χ3v) is 2.50. The van der Waals surface area contributed by atoms with Crippen LogP contribution in [0.3, 0.4) is 0 Å². The van der Waals surface area contributed by atoms with Crippen LogP contribution in [-0.4, -0.2) is 24.8 Å². The number of methoxy groups -OCH3 is 1. The Balaban J connectivity index is 2.45. The molecular formula is C12H17NO2S. The van der Waals surface area contributed by atoms with Crippen LogP contribution in [0.15, 0.2) is 24.3 Å². The number of carbonyl (C=O) groups is 1. The summed E-state index contributed by atoms with van der Waals surface area (Å²) in [4.78, 5) is 11.3. The van der Waals surface area contributed by atoms with E-state index in [0.717, 1.165) is 17.7 Å². The molecule has 16 heavy (non-hydrogen) atoms. The van der Waals surface area contributed by atoms with Gasteiger partial charge in [-0.2, -0.15) is 12.6 Å². The smallest absolute Gasteiger partial charge is 0.232 e. The maximum Gasteiger partial charge on any atom is 0.232 e. The maximum absolute atomic E-state index is 11.3. The average molecular weight is 239 g/mol. The van der Waals surface area contributed by atoms with Crippen molar-refractivity contribution < 1.29 is 9.53 Å². The van der Waals surface area contributed by atoms with Gasteiger partial charge in [0.1, 0.15) is 5.75 Å². The van der Waals surface area contributed by atoms with E-state index in [2.05, 4.69) is 17.9 Å². The second-order valence-corrected chi connectivity index (χ2v) is 4.30. The molecule has 0 saturated carbocycles. The fourth-order valence-corrected chi connectivity index (χ4v) is 1.47. The van der Waals surface area contributed by atoms with Gasteiger partial charge in [-0.15, -0.1) is 0 Å². The number of hydrogen-bond acceptors (Lipinski definition) is 3. The van der Waals surface area contributed by atoms with Crippen LogP contribution in [-0.2, 0) is 11.2 Å². The minimum absolute atomic E-state index is 0.0433. The number of hydrogen-bond donors (Lipinski definition) is 2. The van der Waals surface area contributed by atoms with Crippen molar-refractivity contribution in [1.82, 2.24) is 5.32 Å². The molecule has 0 heterocycles. The standard InChI is InChI=1S/C12H17NO2S/c1-9(16)12(14)13-8-7-10-5-3-4-6-11(10)15-2/h3-6,9,16H,7-8H2,1-2H3,(H,13,14). The molecule has 0 aliphatic rings. The summed E-state index contributed by atoms with van der Waals surface area (Å²) in [7, 11) is 1.65. The summed E-state index contributed by atoms with van der Waals surface area (Å²) >= 11 is 4.06. The largest absolute Gasteiger partial charge is 0.496 e. The van der Waals surface area contributed by atoms with E-state index in [0.29, 0.717) is 6.54 Å². The first-order chi connectivity index (χ1) is 7.65. The molecule has 0 aliphatic heterocycles. The summed E-state index contributed by atoms with van der Waals surface area (Å²) < 4.78 is 5.22. The van der Waals surface area contributed by atoms with Crippen molar-refractivity contribution in [2.24, 2.45) is 0 Å². The lowest BCUT2D eigenvalue weighted by Gasteiger charge is -2.09. The molecule has 1 aromatic carbocycles. The SMILES string of the molecule is COc1ccccc1CCNC(=O)C(C)S. The fraction of sp³-hybridized carbons (Fsp3) is 0.417. The number of nitrogens with one attached hydrogen (secondary N) is 1. The molecule has 3 nitrogen and oxygen atoms in total. The number of thiol groups is 1. The van der Waals surface area contributed by atoms with E-state index in [4.69, 9.17) is 4.74 Å². The van der Waals surface area contributed by atoms with E-state index in [1.165, 1.54) is 0 Å². The molecule has 1 aromatic rings. The monoisotopic (exact) mass is 239 g/mol. The van der Waals surface area contributed by atoms with Gasteiger partial charge in [-0.25, -0.2) is 0 Å². The number of carbonyl (C=O) groups excluding carboxylic acids is 1. The lowest BCUT2D eigenvalue weighted by Crippen LogP contribution is -2.31. The third kappa shape index (κ3) is 3.77. The molecule has 0 saturated heterocycles. The molecule has 4 heteroatoms. The highest BCUT2D eigenvalue weighted by molar-refractivity contribution is 7.81. The van der Waals surface area contributed by atoms with Gasteiger partial charge >= 0.3 is 0 Å². The zero-order valence-corrected chi connectivity index (χ0v) is 10.5. The van der Waals surface area contributed by atoms with Crippen molar-refractivity contribution in [3.05, 3.63) is 29.8 Å². The molecule has 0 radical (unpaired) electrons. The number of benzene rings is 1. The number of para-hydroxylation sites is 1. The normalized spacial score (nSPS) is 11.9. The number of ether oxygens (including phenoxy) is 1. The molecule has 0 aliphatic carbocycles. The number of rotatable bonds is 5. The van der Waals surface area contributed by atoms with Crippen molar-refractivity contribution in [2.75, 3.05) is 13.7 Å². The Kier molecular flexibility index (Phi) is 5.19. The van der Waals surface area contributed by atoms with Crippen molar-refractivity contribution in [2.45, 2.75) is 18.6 Å². The molecule has 0 bridgehead atoms. The van der Waals surface area contributed by atoms with Crippen molar-refractivity contribution in [3.63, 3.8) is 0 Å². The van der Waals surface area contributed by atoms with Crippen LogP contribution in [0.25, 0.3) is 0 Å². The summed E-state index contributed by atoms with van der Waals surface area (Å²) in [6.45, 7) is 2.35. The summed E-state index contributed by atoms with van der Waals surface area (Å²) in [6.07, 6.45) is 0.760. The molecule has 88 valence electrons. The Morgan fingerprint density at radius 2 is 2.19 bits per heavy atom. The Labute approximate surface area is 102 Å². The lowest BCUT2D eigenvalue weighted by molar-refractivity contribution is -0.120. The number of amides is 1. The quantitative estimate of drug-likeness (QED) is 0.767. The van der Waals surface area contributed by atoms with E-state index in [1.54, 1.807) is 14.0 Å². The molecular weight excluding hydrogens is 222 g/mol. The van der Waals surface area contributed by atoms with Gasteiger partial charge in [0.25, 0.3) is 0 Å². The molecule has 1 amide bonds. The van der Waals surface area contributed by atoms with Crippen LogP contribution in [0.5, 0.6) is 5.75 Å². The van der Waals surface area contributed by atoms with E-state index in [-0.39, 0.29) is 11.2 Å². The van der Waals surface area contributed by atoms with Gasteiger partial charge in [-0.1, -0.05) is 18.2 Å². The minimum Gasteiger partial charge on any atom is -0.496 e. The van der Waals surface area contributed by atoms with Crippen molar-refractivity contribution in [3.8, 4) is 5.75 Å². The van der Waals surface area contributed by atoms with Gasteiger partial charge in [-0.3, -0.25) is 4.79 Å². The first-order valence-electron chi connectivity index (χ1n) is 5.23. The van der Waals surface area contributed by atoms with Gasteiger partial charge in [0.05, 0.1) is 12.4 Å². The Morgan fingerprint density at radius 1 is 1.50 bits per heavy atom. The van der Waals surface area contributed by atoms with Crippen LogP contribution in [0, 0.1) is 0 Å². The predicted octanol–water partition coefficient (Wildman–Crippen LogP) is 1.67. The van der Waals surface area contributed by atoms with Crippen LogP contribution >= 0.6 is 12.6 Å². The zero-order valence-electron chi connectivity index (χ0n) is 9.56. The van der Waals surface area contributed by atoms with Gasteiger partial charge in [0.2, 0.25) is 5.91 Å². The molecule has 0 spiro atoms. The average Bonchev–Trinajstić information content (AvgIpc) is 2.29. The second kappa shape index (κ2) is 6.43. The van der Waals surface area contributed by atoms with Crippen molar-refractivity contribution >= 4 is 18.5 Å². The summed E-state index contributed by atoms with van der Waals surface area (Å²) in [5, 5.41) is 2.54. The Morgan fingerprint density at radius 3 is 2.81 bits per heavy atom. The van der Waals surface area contributed by atoms with E-state index in [1.807, 2.05) is 24.3 Å². The summed E-state index contributed by atoms with van der Waals surface area (Å²) in [6, 6.07) is 7.80. The molecule has 1 unspecified atom stereocenters. The molecule has 1 N–H and O–H groups in total. The van der Waals surface area contributed by atoms with Gasteiger partial charge in [-0.05, 0) is 25.0 Å². The highest BCUT2D eigenvalue weighted by Gasteiger charge is 2.07. The Bertz CT molecular complexity index is 353. The van der Waals surface area contributed by atoms with Gasteiger partial charge in [0.15, 0.2) is 0 Å². The predicted molar refractivity (Wildman–Crippen MR) is 68.2 cm³/mol. The third-order valence-electron chi connectivity index (χ3n) is 2.27. The van der Waals surface area contributed by atoms with Gasteiger partial charge in [0, 0.05) is 6.54 Å². The highest BCUT2D eigenvalue weighted by Crippen LogP contribution is 2.17. The minimum atomic E-state index is -0.266. The summed E-state index contributed by atoms with van der Waals surface area (Å²) in [5.41, 5.74) is 1.09. The summed E-state index contributed by atoms with van der Waals surface area (Å²) in [5.74, 6) is 0.814. The molecule has 0 aromatic heterocycles. The molecule has 1 rings (SSSR count). The molecule has 1 atom stereocenters. The van der Waals surface area contributed by atoms with Gasteiger partial charge < -0.3 is 10.1 Å². The highest BCUT2D eigenvalue weighted by atomic mass is 32.1. The lowest BCUT2D eigenvalue weighted by atomic mass is 10.1. The van der Waals surface area contributed by atoms with E-state index >= 15 is 0 Å². The van der Waals surface area contributed by atoms with Crippen LogP contribution < -0.4 is 10.1 Å². The van der Waals surface area contributed by atoms with Crippen LogP contribution in [0.2, 0.25) is 0 Å². The first-order valence-corrected chi connectivity index (χ1v) is 5.74. The maximum atomic E-state index is 11.3. The topological polar surface area (TPSA) is 38.3 Å². The van der Waals surface area contributed by atoms with Crippen LogP contribution in [0.1, 0.15) is 12.5 Å². The van der Waals surface area contributed by atoms with E-state index < -0.39 is 0 Å². The first kappa shape index (κ1) is 12.9. The van der Waals surface area contributed by atoms with Crippen LogP contribution in [0.4, 0.5) is 0 Å².